The van der Waals surface area contributed by atoms with E-state index in [1.807, 2.05) is 6.92 Å². The van der Waals surface area contributed by atoms with Crippen LogP contribution >= 0.6 is 0 Å². The van der Waals surface area contributed by atoms with Gasteiger partial charge in [0.05, 0.1) is 0 Å². The van der Waals surface area contributed by atoms with Crippen LogP contribution in [0.2, 0.25) is 0 Å². The summed E-state index contributed by atoms with van der Waals surface area (Å²) in [7, 11) is 0. The van der Waals surface area contributed by atoms with Crippen LogP contribution in [0.15, 0.2) is 12.2 Å². The molecule has 0 aliphatic heterocycles. The van der Waals surface area contributed by atoms with E-state index in [-0.39, 0.29) is 0 Å². The van der Waals surface area contributed by atoms with Gasteiger partial charge in [0.2, 0.25) is 0 Å². The Bertz CT molecular complexity index is 267. The van der Waals surface area contributed by atoms with Gasteiger partial charge in [0.25, 0.3) is 0 Å². The lowest BCUT2D eigenvalue weighted by Crippen LogP contribution is -2.59. The molecule has 2 heteroatoms. The minimum absolute atomic E-state index is 0.395. The van der Waals surface area contributed by atoms with Gasteiger partial charge in [-0.25, -0.2) is 4.89 Å². The van der Waals surface area contributed by atoms with E-state index in [1.165, 1.54) is 32.1 Å². The van der Waals surface area contributed by atoms with E-state index < -0.39 is 5.60 Å². The molecule has 0 saturated heterocycles. The second-order valence-electron chi connectivity index (χ2n) is 5.97. The van der Waals surface area contributed by atoms with Gasteiger partial charge in [0, 0.05) is 0 Å². The first-order chi connectivity index (χ1) is 7.16. The zero-order valence-corrected chi connectivity index (χ0v) is 9.41. The van der Waals surface area contributed by atoms with Crippen molar-refractivity contribution in [1.82, 2.24) is 0 Å². The predicted octanol–water partition coefficient (Wildman–Crippen LogP) is 3.25. The zero-order chi connectivity index (χ0) is 10.6. The Kier molecular flexibility index (Phi) is 2.02. The van der Waals surface area contributed by atoms with E-state index in [4.69, 9.17) is 4.89 Å². The molecule has 2 nitrogen and oxygen atoms in total. The predicted molar refractivity (Wildman–Crippen MR) is 58.3 cm³/mol. The van der Waals surface area contributed by atoms with Crippen molar-refractivity contribution in [3.63, 3.8) is 0 Å². The molecule has 4 aliphatic rings. The van der Waals surface area contributed by atoms with E-state index in [2.05, 4.69) is 6.58 Å². The van der Waals surface area contributed by atoms with Crippen LogP contribution in [0.5, 0.6) is 0 Å². The molecule has 4 fully saturated rings. The fraction of sp³-hybridized carbons (Fsp3) is 0.846. The van der Waals surface area contributed by atoms with Gasteiger partial charge in [-0.15, -0.1) is 0 Å². The molecule has 4 saturated carbocycles. The lowest BCUT2D eigenvalue weighted by atomic mass is 9.48. The first-order valence-corrected chi connectivity index (χ1v) is 6.15. The molecule has 0 aromatic carbocycles. The van der Waals surface area contributed by atoms with Crippen molar-refractivity contribution in [3.8, 4) is 0 Å². The van der Waals surface area contributed by atoms with E-state index in [1.54, 1.807) is 0 Å². The Balaban J connectivity index is 1.99. The minimum atomic E-state index is -0.395. The summed E-state index contributed by atoms with van der Waals surface area (Å²) in [5.41, 5.74) is 0.631. The summed E-state index contributed by atoms with van der Waals surface area (Å²) in [6.45, 7) is 6.07. The molecular formula is C13H20O2. The molecule has 0 amide bonds. The van der Waals surface area contributed by atoms with E-state index in [9.17, 15) is 5.26 Å². The summed E-state index contributed by atoms with van der Waals surface area (Å²) in [6, 6.07) is 0. The van der Waals surface area contributed by atoms with Crippen LogP contribution in [-0.4, -0.2) is 10.9 Å². The van der Waals surface area contributed by atoms with Crippen molar-refractivity contribution in [2.75, 3.05) is 0 Å². The van der Waals surface area contributed by atoms with Crippen molar-refractivity contribution >= 4 is 0 Å². The average Bonchev–Trinajstić information content (AvgIpc) is 2.16. The van der Waals surface area contributed by atoms with Gasteiger partial charge in [-0.2, -0.15) is 0 Å². The fourth-order valence-electron chi connectivity index (χ4n) is 4.81. The summed E-state index contributed by atoms with van der Waals surface area (Å²) < 4.78 is 0. The third-order valence-corrected chi connectivity index (χ3v) is 5.17. The highest BCUT2D eigenvalue weighted by atomic mass is 17.1. The molecule has 0 spiro atoms. The highest BCUT2D eigenvalue weighted by Gasteiger charge is 2.59. The molecule has 4 bridgehead atoms. The van der Waals surface area contributed by atoms with Crippen molar-refractivity contribution in [2.45, 2.75) is 44.6 Å². The molecule has 0 aromatic rings. The van der Waals surface area contributed by atoms with Gasteiger partial charge in [-0.05, 0) is 68.3 Å². The maximum absolute atomic E-state index is 9.36. The number of hydrogen-bond acceptors (Lipinski definition) is 2. The maximum atomic E-state index is 9.36. The van der Waals surface area contributed by atoms with Crippen LogP contribution in [0.3, 0.4) is 0 Å². The minimum Gasteiger partial charge on any atom is -0.251 e. The normalized spacial score (nSPS) is 52.1. The summed E-state index contributed by atoms with van der Waals surface area (Å²) in [6.07, 6.45) is 6.37. The molecule has 0 unspecified atom stereocenters. The molecule has 0 atom stereocenters. The second-order valence-corrected chi connectivity index (χ2v) is 5.97. The lowest BCUT2D eigenvalue weighted by Gasteiger charge is -2.59. The Morgan fingerprint density at radius 1 is 1.13 bits per heavy atom. The van der Waals surface area contributed by atoms with Gasteiger partial charge < -0.3 is 0 Å². The summed E-state index contributed by atoms with van der Waals surface area (Å²) in [4.78, 5) is 4.98. The van der Waals surface area contributed by atoms with Gasteiger partial charge in [0.15, 0.2) is 0 Å². The highest BCUT2D eigenvalue weighted by Crippen LogP contribution is 2.61. The molecular weight excluding hydrogens is 188 g/mol. The molecule has 4 aliphatic carbocycles. The van der Waals surface area contributed by atoms with Crippen molar-refractivity contribution in [3.05, 3.63) is 12.2 Å². The summed E-state index contributed by atoms with van der Waals surface area (Å²) in [5, 5.41) is 9.36. The Morgan fingerprint density at radius 3 is 1.93 bits per heavy atom. The van der Waals surface area contributed by atoms with Crippen LogP contribution in [0, 0.1) is 23.7 Å². The zero-order valence-electron chi connectivity index (χ0n) is 9.41. The SMILES string of the molecule is C=C(C)C1(OO)C2CC3CC(C2)CC1C3. The van der Waals surface area contributed by atoms with Crippen LogP contribution in [0.25, 0.3) is 0 Å². The molecule has 0 aromatic heterocycles. The van der Waals surface area contributed by atoms with E-state index in [0.717, 1.165) is 17.4 Å². The summed E-state index contributed by atoms with van der Waals surface area (Å²) in [5.74, 6) is 2.85. The van der Waals surface area contributed by atoms with Crippen LogP contribution in [-0.2, 0) is 4.89 Å². The number of rotatable bonds is 2. The van der Waals surface area contributed by atoms with Gasteiger partial charge in [0.1, 0.15) is 5.60 Å². The molecule has 84 valence electrons. The second kappa shape index (κ2) is 3.08. The molecule has 0 radical (unpaired) electrons. The smallest absolute Gasteiger partial charge is 0.129 e. The quantitative estimate of drug-likeness (QED) is 0.429. The largest absolute Gasteiger partial charge is 0.251 e. The molecule has 4 rings (SSSR count). The third-order valence-electron chi connectivity index (χ3n) is 5.17. The first-order valence-electron chi connectivity index (χ1n) is 6.15. The van der Waals surface area contributed by atoms with Crippen LogP contribution < -0.4 is 0 Å². The van der Waals surface area contributed by atoms with Crippen LogP contribution in [0.1, 0.15) is 39.0 Å². The van der Waals surface area contributed by atoms with Crippen LogP contribution in [0.4, 0.5) is 0 Å². The molecule has 0 heterocycles. The Labute approximate surface area is 91.2 Å². The molecule has 1 N–H and O–H groups in total. The third kappa shape index (κ3) is 1.12. The average molecular weight is 208 g/mol. The van der Waals surface area contributed by atoms with E-state index in [0.29, 0.717) is 11.8 Å². The highest BCUT2D eigenvalue weighted by molar-refractivity contribution is 5.21. The van der Waals surface area contributed by atoms with Crippen molar-refractivity contribution in [1.29, 1.82) is 0 Å². The number of hydrogen-bond donors (Lipinski definition) is 1. The van der Waals surface area contributed by atoms with E-state index >= 15 is 0 Å². The first kappa shape index (κ1) is 9.86. The molecule has 15 heavy (non-hydrogen) atoms. The topological polar surface area (TPSA) is 29.5 Å². The monoisotopic (exact) mass is 208 g/mol. The lowest BCUT2D eigenvalue weighted by molar-refractivity contribution is -0.361. The standard InChI is InChI=1S/C13H20O2/c1-8(2)13(15-14)11-4-9-3-10(6-11)7-12(13)5-9/h9-12,14H,1,3-7H2,2H3. The van der Waals surface area contributed by atoms with Gasteiger partial charge in [-0.3, -0.25) is 5.26 Å². The van der Waals surface area contributed by atoms with Crippen molar-refractivity contribution < 1.29 is 10.1 Å². The fourth-order valence-corrected chi connectivity index (χ4v) is 4.81. The van der Waals surface area contributed by atoms with Crippen molar-refractivity contribution in [2.24, 2.45) is 23.7 Å². The Hall–Kier alpha value is -0.340. The Morgan fingerprint density at radius 2 is 1.60 bits per heavy atom. The summed E-state index contributed by atoms with van der Waals surface area (Å²) >= 11 is 0. The van der Waals surface area contributed by atoms with Gasteiger partial charge >= 0.3 is 0 Å². The van der Waals surface area contributed by atoms with Gasteiger partial charge in [-0.1, -0.05) is 6.58 Å². The maximum Gasteiger partial charge on any atom is 0.129 e.